The van der Waals surface area contributed by atoms with Gasteiger partial charge in [-0.15, -0.1) is 0 Å². The Bertz CT molecular complexity index is 1430. The Balaban J connectivity index is 1.61. The molecule has 176 valence electrons. The zero-order valence-corrected chi connectivity index (χ0v) is 19.5. The lowest BCUT2D eigenvalue weighted by atomic mass is 9.97. The molecule has 1 aliphatic heterocycles. The van der Waals surface area contributed by atoms with Crippen molar-refractivity contribution < 1.29 is 9.59 Å². The number of fused-ring (bicyclic) bond motifs is 1. The van der Waals surface area contributed by atoms with Crippen LogP contribution in [0.25, 0.3) is 33.4 Å². The van der Waals surface area contributed by atoms with Crippen LogP contribution in [-0.2, 0) is 11.8 Å². The largest absolute Gasteiger partial charge is 0.383 e. The van der Waals surface area contributed by atoms with E-state index in [1.54, 1.807) is 0 Å². The maximum Gasteiger partial charge on any atom is 0.253 e. The molecule has 0 bridgehead atoms. The minimum atomic E-state index is -0.269. The molecule has 35 heavy (non-hydrogen) atoms. The average molecular weight is 467 g/mol. The number of aryl methyl sites for hydroxylation is 1. The first-order chi connectivity index (χ1) is 17.0. The fourth-order valence-electron chi connectivity index (χ4n) is 4.68. The maximum absolute atomic E-state index is 12.8. The molecule has 1 saturated heterocycles. The highest BCUT2D eigenvalue weighted by atomic mass is 16.2. The fourth-order valence-corrected chi connectivity index (χ4v) is 4.68. The van der Waals surface area contributed by atoms with Crippen LogP contribution in [0.5, 0.6) is 0 Å². The summed E-state index contributed by atoms with van der Waals surface area (Å²) >= 11 is 0. The summed E-state index contributed by atoms with van der Waals surface area (Å²) in [5.41, 5.74) is 12.0. The van der Waals surface area contributed by atoms with Crippen molar-refractivity contribution in [1.82, 2.24) is 19.4 Å². The van der Waals surface area contributed by atoms with Gasteiger partial charge >= 0.3 is 0 Å². The van der Waals surface area contributed by atoms with Crippen LogP contribution in [0.4, 0.5) is 11.5 Å². The molecule has 0 saturated carbocycles. The normalized spacial score (nSPS) is 13.2. The minimum Gasteiger partial charge on any atom is -0.383 e. The van der Waals surface area contributed by atoms with Crippen molar-refractivity contribution in [3.63, 3.8) is 0 Å². The molecule has 5 rings (SSSR count). The zero-order chi connectivity index (χ0) is 24.5. The summed E-state index contributed by atoms with van der Waals surface area (Å²) in [4.78, 5) is 35.1. The topological polar surface area (TPSA) is 106 Å². The van der Waals surface area contributed by atoms with Crippen LogP contribution in [-0.4, -0.2) is 44.3 Å². The van der Waals surface area contributed by atoms with Gasteiger partial charge in [0.1, 0.15) is 17.8 Å². The summed E-state index contributed by atoms with van der Waals surface area (Å²) < 4.78 is 1.99. The number of carbonyl (C=O) groups excluding carboxylic acids is 2. The van der Waals surface area contributed by atoms with Crippen LogP contribution in [0, 0.1) is 0 Å². The van der Waals surface area contributed by atoms with Crippen molar-refractivity contribution in [2.75, 3.05) is 24.1 Å². The molecule has 0 unspecified atom stereocenters. The first kappa shape index (κ1) is 22.3. The molecule has 8 nitrogen and oxygen atoms in total. The van der Waals surface area contributed by atoms with Crippen LogP contribution in [0.3, 0.4) is 0 Å². The van der Waals surface area contributed by atoms with Gasteiger partial charge in [0.2, 0.25) is 5.91 Å². The van der Waals surface area contributed by atoms with Gasteiger partial charge in [-0.1, -0.05) is 30.8 Å². The van der Waals surface area contributed by atoms with Crippen LogP contribution >= 0.6 is 0 Å². The molecule has 4 aromatic rings. The quantitative estimate of drug-likeness (QED) is 0.428. The maximum atomic E-state index is 12.8. The number of hydrogen-bond donors (Lipinski definition) is 2. The molecular weight excluding hydrogens is 440 g/mol. The monoisotopic (exact) mass is 466 g/mol. The van der Waals surface area contributed by atoms with Crippen molar-refractivity contribution in [2.24, 2.45) is 7.05 Å². The number of amides is 2. The van der Waals surface area contributed by atoms with Crippen LogP contribution in [0.2, 0.25) is 0 Å². The van der Waals surface area contributed by atoms with E-state index in [9.17, 15) is 9.59 Å². The highest BCUT2D eigenvalue weighted by molar-refractivity contribution is 6.08. The summed E-state index contributed by atoms with van der Waals surface area (Å²) in [6.45, 7) is 5.11. The molecule has 0 atom stereocenters. The van der Waals surface area contributed by atoms with E-state index >= 15 is 0 Å². The molecule has 2 aromatic carbocycles. The lowest BCUT2D eigenvalue weighted by Gasteiger charge is -2.15. The lowest BCUT2D eigenvalue weighted by Crippen LogP contribution is -2.27. The first-order valence-corrected chi connectivity index (χ1v) is 11.5. The van der Waals surface area contributed by atoms with Crippen molar-refractivity contribution in [1.29, 1.82) is 0 Å². The number of carbonyl (C=O) groups is 2. The Kier molecular flexibility index (Phi) is 5.78. The number of anilines is 2. The van der Waals surface area contributed by atoms with Gasteiger partial charge in [-0.3, -0.25) is 9.59 Å². The number of benzene rings is 2. The molecule has 1 fully saturated rings. The van der Waals surface area contributed by atoms with E-state index in [0.717, 1.165) is 53.7 Å². The standard InChI is InChI=1S/C27H26N6O2/c1-3-21(34)31-20-12-10-18(11-13-20)24-22(23-25(28)29-16-30-26(23)32(24)2)17-6-8-19(9-7-17)27(35)33-14-4-5-15-33/h3,6-13,16H,1,4-5,14-15H2,2H3,(H,31,34)(H2,28,29,30). The predicted molar refractivity (Wildman–Crippen MR) is 138 cm³/mol. The van der Waals surface area contributed by atoms with Gasteiger partial charge in [0, 0.05) is 37.0 Å². The number of nitrogens with zero attached hydrogens (tertiary/aromatic N) is 4. The van der Waals surface area contributed by atoms with Crippen molar-refractivity contribution in [3.8, 4) is 22.4 Å². The van der Waals surface area contributed by atoms with Gasteiger partial charge in [-0.25, -0.2) is 9.97 Å². The Hall–Kier alpha value is -4.46. The van der Waals surface area contributed by atoms with E-state index in [0.29, 0.717) is 22.7 Å². The van der Waals surface area contributed by atoms with Gasteiger partial charge in [0.15, 0.2) is 0 Å². The number of nitrogens with two attached hydrogens (primary N) is 1. The molecule has 2 amide bonds. The minimum absolute atomic E-state index is 0.0622. The summed E-state index contributed by atoms with van der Waals surface area (Å²) in [6.07, 6.45) is 4.80. The smallest absolute Gasteiger partial charge is 0.253 e. The molecule has 1 aliphatic rings. The summed E-state index contributed by atoms with van der Waals surface area (Å²) in [6, 6.07) is 15.2. The van der Waals surface area contributed by atoms with Crippen molar-refractivity contribution in [2.45, 2.75) is 12.8 Å². The average Bonchev–Trinajstić information content (AvgIpc) is 3.52. The van der Waals surface area contributed by atoms with Gasteiger partial charge in [-0.2, -0.15) is 0 Å². The summed E-state index contributed by atoms with van der Waals surface area (Å²) in [7, 11) is 1.94. The molecule has 3 N–H and O–H groups in total. The number of hydrogen-bond acceptors (Lipinski definition) is 5. The molecule has 0 aliphatic carbocycles. The second kappa shape index (κ2) is 9.06. The van der Waals surface area contributed by atoms with E-state index in [4.69, 9.17) is 5.73 Å². The molecule has 2 aromatic heterocycles. The second-order valence-electron chi connectivity index (χ2n) is 8.59. The zero-order valence-electron chi connectivity index (χ0n) is 19.5. The third-order valence-electron chi connectivity index (χ3n) is 6.42. The highest BCUT2D eigenvalue weighted by Gasteiger charge is 2.23. The molecular formula is C27H26N6O2. The number of nitrogen functional groups attached to an aromatic ring is 1. The number of aromatic nitrogens is 3. The lowest BCUT2D eigenvalue weighted by molar-refractivity contribution is -0.111. The first-order valence-electron chi connectivity index (χ1n) is 11.5. The van der Waals surface area contributed by atoms with Crippen LogP contribution in [0.1, 0.15) is 23.2 Å². The van der Waals surface area contributed by atoms with E-state index in [-0.39, 0.29) is 11.8 Å². The van der Waals surface area contributed by atoms with Crippen molar-refractivity contribution in [3.05, 3.63) is 73.1 Å². The van der Waals surface area contributed by atoms with E-state index in [2.05, 4.69) is 21.9 Å². The Morgan fingerprint density at radius 3 is 2.31 bits per heavy atom. The molecule has 3 heterocycles. The van der Waals surface area contributed by atoms with Gasteiger partial charge in [0.05, 0.1) is 11.1 Å². The molecule has 0 spiro atoms. The van der Waals surface area contributed by atoms with Gasteiger partial charge in [-0.05, 0) is 54.3 Å². The SMILES string of the molecule is C=CC(=O)Nc1ccc(-c2c(-c3ccc(C(=O)N4CCCC4)cc3)c3c(N)ncnc3n2C)cc1. The summed E-state index contributed by atoms with van der Waals surface area (Å²) in [5, 5.41) is 3.52. The predicted octanol–water partition coefficient (Wildman–Crippen LogP) is 4.25. The number of nitrogens with one attached hydrogen (secondary N) is 1. The molecule has 8 heteroatoms. The van der Waals surface area contributed by atoms with Crippen molar-refractivity contribution >= 4 is 34.4 Å². The third kappa shape index (κ3) is 4.03. The molecule has 0 radical (unpaired) electrons. The van der Waals surface area contributed by atoms with Gasteiger partial charge in [0.25, 0.3) is 5.91 Å². The van der Waals surface area contributed by atoms with E-state index in [1.165, 1.54) is 12.4 Å². The number of likely N-dealkylation sites (tertiary alicyclic amines) is 1. The fraction of sp³-hybridized carbons (Fsp3) is 0.185. The Labute approximate surface area is 203 Å². The van der Waals surface area contributed by atoms with E-state index < -0.39 is 0 Å². The van der Waals surface area contributed by atoms with E-state index in [1.807, 2.05) is 65.0 Å². The van der Waals surface area contributed by atoms with Crippen LogP contribution in [0.15, 0.2) is 67.5 Å². The van der Waals surface area contributed by atoms with Gasteiger partial charge < -0.3 is 20.5 Å². The third-order valence-corrected chi connectivity index (χ3v) is 6.42. The summed E-state index contributed by atoms with van der Waals surface area (Å²) in [5.74, 6) is 0.181. The Morgan fingerprint density at radius 2 is 1.66 bits per heavy atom. The highest BCUT2D eigenvalue weighted by Crippen LogP contribution is 2.41. The Morgan fingerprint density at radius 1 is 1.00 bits per heavy atom. The number of rotatable bonds is 5. The second-order valence-corrected chi connectivity index (χ2v) is 8.59. The van der Waals surface area contributed by atoms with Crippen LogP contribution < -0.4 is 11.1 Å².